The van der Waals surface area contributed by atoms with Crippen molar-refractivity contribution in [2.24, 2.45) is 5.73 Å². The van der Waals surface area contributed by atoms with Crippen LogP contribution in [0.2, 0.25) is 0 Å². The highest BCUT2D eigenvalue weighted by Gasteiger charge is 2.04. The maximum absolute atomic E-state index is 5.46. The van der Waals surface area contributed by atoms with E-state index in [0.717, 1.165) is 16.9 Å². The van der Waals surface area contributed by atoms with Crippen molar-refractivity contribution < 1.29 is 0 Å². The Morgan fingerprint density at radius 2 is 2.00 bits per heavy atom. The van der Waals surface area contributed by atoms with Crippen molar-refractivity contribution >= 4 is 5.69 Å². The molecule has 0 radical (unpaired) electrons. The lowest BCUT2D eigenvalue weighted by Gasteiger charge is -2.09. The van der Waals surface area contributed by atoms with Gasteiger partial charge in [-0.2, -0.15) is 0 Å². The summed E-state index contributed by atoms with van der Waals surface area (Å²) in [5, 5.41) is 3.21. The van der Waals surface area contributed by atoms with Crippen molar-refractivity contribution in [3.05, 3.63) is 42.9 Å². The van der Waals surface area contributed by atoms with Crippen LogP contribution in [0.1, 0.15) is 0 Å². The van der Waals surface area contributed by atoms with E-state index in [2.05, 4.69) is 15.3 Å². The fraction of sp³-hybridized carbons (Fsp3) is 0.167. The molecule has 0 aliphatic carbocycles. The first-order valence-electron chi connectivity index (χ1n) is 5.21. The molecule has 0 aliphatic rings. The zero-order chi connectivity index (χ0) is 11.2. The number of nitrogens with one attached hydrogen (secondary N) is 1. The van der Waals surface area contributed by atoms with Gasteiger partial charge < -0.3 is 11.1 Å². The van der Waals surface area contributed by atoms with Crippen LogP contribution in [-0.4, -0.2) is 23.1 Å². The second-order valence-electron chi connectivity index (χ2n) is 3.37. The van der Waals surface area contributed by atoms with E-state index in [1.165, 1.54) is 0 Å². The van der Waals surface area contributed by atoms with Gasteiger partial charge in [-0.15, -0.1) is 0 Å². The van der Waals surface area contributed by atoms with Crippen molar-refractivity contribution in [3.8, 4) is 11.3 Å². The summed E-state index contributed by atoms with van der Waals surface area (Å²) in [6.07, 6.45) is 3.32. The summed E-state index contributed by atoms with van der Waals surface area (Å²) in [7, 11) is 0. The third kappa shape index (κ3) is 2.35. The van der Waals surface area contributed by atoms with Crippen molar-refractivity contribution in [1.82, 2.24) is 9.97 Å². The molecule has 0 amide bonds. The Kier molecular flexibility index (Phi) is 3.46. The highest BCUT2D eigenvalue weighted by molar-refractivity contribution is 5.73. The average molecular weight is 214 g/mol. The van der Waals surface area contributed by atoms with Gasteiger partial charge in [-0.05, 0) is 0 Å². The van der Waals surface area contributed by atoms with Crippen LogP contribution in [-0.2, 0) is 0 Å². The highest BCUT2D eigenvalue weighted by Crippen LogP contribution is 2.23. The molecule has 16 heavy (non-hydrogen) atoms. The lowest BCUT2D eigenvalue weighted by molar-refractivity contribution is 1.02. The van der Waals surface area contributed by atoms with Crippen LogP contribution >= 0.6 is 0 Å². The summed E-state index contributed by atoms with van der Waals surface area (Å²) in [4.78, 5) is 8.30. The fourth-order valence-electron chi connectivity index (χ4n) is 1.49. The number of nitrogens with two attached hydrogens (primary N) is 1. The van der Waals surface area contributed by atoms with Gasteiger partial charge in [-0.3, -0.25) is 0 Å². The number of hydrogen-bond acceptors (Lipinski definition) is 4. The lowest BCUT2D eigenvalue weighted by Crippen LogP contribution is -2.14. The van der Waals surface area contributed by atoms with Gasteiger partial charge in [0.25, 0.3) is 0 Å². The normalized spacial score (nSPS) is 10.1. The Morgan fingerprint density at radius 1 is 1.19 bits per heavy atom. The molecule has 0 aliphatic heterocycles. The van der Waals surface area contributed by atoms with E-state index in [1.807, 2.05) is 30.3 Å². The molecule has 4 nitrogen and oxygen atoms in total. The van der Waals surface area contributed by atoms with E-state index in [1.54, 1.807) is 12.5 Å². The Bertz CT molecular complexity index is 442. The van der Waals surface area contributed by atoms with Crippen LogP contribution in [0.25, 0.3) is 11.3 Å². The smallest absolute Gasteiger partial charge is 0.116 e. The first-order chi connectivity index (χ1) is 7.92. The molecular formula is C12H14N4. The Balaban J connectivity index is 2.33. The Hall–Kier alpha value is -1.94. The van der Waals surface area contributed by atoms with Gasteiger partial charge in [0.2, 0.25) is 0 Å². The summed E-state index contributed by atoms with van der Waals surface area (Å²) in [5.74, 6) is 0. The quantitative estimate of drug-likeness (QED) is 0.809. The molecule has 1 aromatic carbocycles. The van der Waals surface area contributed by atoms with Crippen LogP contribution in [0, 0.1) is 0 Å². The van der Waals surface area contributed by atoms with Gasteiger partial charge in [0.1, 0.15) is 6.33 Å². The highest BCUT2D eigenvalue weighted by atomic mass is 14.9. The molecule has 0 atom stereocenters. The predicted octanol–water partition coefficient (Wildman–Crippen LogP) is 1.51. The largest absolute Gasteiger partial charge is 0.381 e. The number of aromatic nitrogens is 2. The van der Waals surface area contributed by atoms with Crippen molar-refractivity contribution in [1.29, 1.82) is 0 Å². The first kappa shape index (κ1) is 10.6. The SMILES string of the molecule is NCCNc1cncnc1-c1ccccc1. The topological polar surface area (TPSA) is 63.8 Å². The number of rotatable bonds is 4. The van der Waals surface area contributed by atoms with Gasteiger partial charge in [0, 0.05) is 18.7 Å². The molecule has 82 valence electrons. The summed E-state index contributed by atoms with van der Waals surface area (Å²) < 4.78 is 0. The molecule has 0 fully saturated rings. The second-order valence-corrected chi connectivity index (χ2v) is 3.37. The summed E-state index contributed by atoms with van der Waals surface area (Å²) in [5.41, 5.74) is 8.36. The number of nitrogens with zero attached hydrogens (tertiary/aromatic N) is 2. The molecule has 2 rings (SSSR count). The minimum absolute atomic E-state index is 0.586. The molecule has 4 heteroatoms. The fourth-order valence-corrected chi connectivity index (χ4v) is 1.49. The van der Waals surface area contributed by atoms with Crippen LogP contribution in [0.3, 0.4) is 0 Å². The van der Waals surface area contributed by atoms with E-state index in [0.29, 0.717) is 13.1 Å². The summed E-state index contributed by atoms with van der Waals surface area (Å²) in [6.45, 7) is 1.30. The molecule has 0 spiro atoms. The standard InChI is InChI=1S/C12H14N4/c13-6-7-15-11-8-14-9-16-12(11)10-4-2-1-3-5-10/h1-5,8-9,15H,6-7,13H2. The van der Waals surface area contributed by atoms with Gasteiger partial charge in [-0.25, -0.2) is 9.97 Å². The minimum Gasteiger partial charge on any atom is -0.381 e. The van der Waals surface area contributed by atoms with Crippen molar-refractivity contribution in [3.63, 3.8) is 0 Å². The van der Waals surface area contributed by atoms with Crippen LogP contribution in [0.15, 0.2) is 42.9 Å². The van der Waals surface area contributed by atoms with E-state index < -0.39 is 0 Å². The third-order valence-corrected chi connectivity index (χ3v) is 2.22. The lowest BCUT2D eigenvalue weighted by atomic mass is 10.1. The maximum atomic E-state index is 5.46. The number of hydrogen-bond donors (Lipinski definition) is 2. The molecule has 2 aromatic rings. The van der Waals surface area contributed by atoms with Crippen molar-refractivity contribution in [2.75, 3.05) is 18.4 Å². The monoisotopic (exact) mass is 214 g/mol. The third-order valence-electron chi connectivity index (χ3n) is 2.22. The van der Waals surface area contributed by atoms with E-state index >= 15 is 0 Å². The summed E-state index contributed by atoms with van der Waals surface area (Å²) >= 11 is 0. The molecule has 0 unspecified atom stereocenters. The second kappa shape index (κ2) is 5.23. The number of benzene rings is 1. The predicted molar refractivity (Wildman–Crippen MR) is 65.0 cm³/mol. The molecule has 0 bridgehead atoms. The molecule has 1 heterocycles. The minimum atomic E-state index is 0.586. The van der Waals surface area contributed by atoms with Gasteiger partial charge in [0.05, 0.1) is 17.6 Å². The van der Waals surface area contributed by atoms with Crippen LogP contribution in [0.4, 0.5) is 5.69 Å². The van der Waals surface area contributed by atoms with E-state index in [9.17, 15) is 0 Å². The van der Waals surface area contributed by atoms with Crippen molar-refractivity contribution in [2.45, 2.75) is 0 Å². The average Bonchev–Trinajstić information content (AvgIpc) is 2.38. The van der Waals surface area contributed by atoms with Crippen LogP contribution in [0.5, 0.6) is 0 Å². The van der Waals surface area contributed by atoms with E-state index in [4.69, 9.17) is 5.73 Å². The van der Waals surface area contributed by atoms with Gasteiger partial charge in [-0.1, -0.05) is 30.3 Å². The molecule has 0 saturated heterocycles. The summed E-state index contributed by atoms with van der Waals surface area (Å²) in [6, 6.07) is 10.0. The molecule has 0 saturated carbocycles. The van der Waals surface area contributed by atoms with Crippen LogP contribution < -0.4 is 11.1 Å². The zero-order valence-corrected chi connectivity index (χ0v) is 8.93. The zero-order valence-electron chi connectivity index (χ0n) is 8.93. The molecule has 3 N–H and O–H groups in total. The van der Waals surface area contributed by atoms with Gasteiger partial charge >= 0.3 is 0 Å². The van der Waals surface area contributed by atoms with Gasteiger partial charge in [0.15, 0.2) is 0 Å². The maximum Gasteiger partial charge on any atom is 0.116 e. The Morgan fingerprint density at radius 3 is 2.75 bits per heavy atom. The molecular weight excluding hydrogens is 200 g/mol. The Labute approximate surface area is 94.5 Å². The first-order valence-corrected chi connectivity index (χ1v) is 5.21. The molecule has 1 aromatic heterocycles. The van der Waals surface area contributed by atoms with E-state index in [-0.39, 0.29) is 0 Å². The number of anilines is 1.